The van der Waals surface area contributed by atoms with E-state index in [0.717, 1.165) is 18.2 Å². The maximum atomic E-state index is 12.0. The molecule has 0 saturated heterocycles. The molecule has 1 aromatic carbocycles. The van der Waals surface area contributed by atoms with Crippen LogP contribution in [0.3, 0.4) is 0 Å². The Balaban J connectivity index is 2.97. The van der Waals surface area contributed by atoms with Gasteiger partial charge in [-0.25, -0.2) is 0 Å². The van der Waals surface area contributed by atoms with Gasteiger partial charge in [0, 0.05) is 0 Å². The van der Waals surface area contributed by atoms with Crippen LogP contribution in [-0.4, -0.2) is 28.6 Å². The van der Waals surface area contributed by atoms with E-state index in [4.69, 9.17) is 11.5 Å². The summed E-state index contributed by atoms with van der Waals surface area (Å²) in [6.45, 7) is 0. The predicted octanol–water partition coefficient (Wildman–Crippen LogP) is 0.0470. The van der Waals surface area contributed by atoms with Crippen LogP contribution in [0, 0.1) is 0 Å². The molecule has 0 aromatic heterocycles. The number of carbonyl (C=O) groups excluding carboxylic acids is 1. The van der Waals surface area contributed by atoms with Gasteiger partial charge in [-0.15, -0.1) is 13.2 Å². The molecular weight excluding hydrogens is 269 g/mol. The van der Waals surface area contributed by atoms with Crippen molar-refractivity contribution >= 4 is 11.6 Å². The van der Waals surface area contributed by atoms with Crippen molar-refractivity contribution in [1.29, 1.82) is 0 Å². The van der Waals surface area contributed by atoms with E-state index in [2.05, 4.69) is 4.74 Å². The number of anilines is 1. The van der Waals surface area contributed by atoms with E-state index >= 15 is 0 Å². The molecule has 0 fully saturated rings. The number of hydrogen-bond donors (Lipinski definition) is 4. The standard InChI is InChI=1S/C10H11F3N2O4/c11-10(12,13)19-6-2-1-4(3-5(6)14)7(16)8(17)9(15)18/h1-3,7-8,16-17H,14H2,(H2,15,18). The van der Waals surface area contributed by atoms with E-state index in [-0.39, 0.29) is 5.56 Å². The van der Waals surface area contributed by atoms with Gasteiger partial charge < -0.3 is 26.4 Å². The van der Waals surface area contributed by atoms with Crippen LogP contribution in [0.15, 0.2) is 18.2 Å². The Kier molecular flexibility index (Phi) is 4.22. The van der Waals surface area contributed by atoms with Crippen molar-refractivity contribution in [1.82, 2.24) is 0 Å². The molecule has 1 aromatic rings. The largest absolute Gasteiger partial charge is 0.573 e. The van der Waals surface area contributed by atoms with Gasteiger partial charge in [-0.05, 0) is 17.7 Å². The highest BCUT2D eigenvalue weighted by Gasteiger charge is 2.32. The lowest BCUT2D eigenvalue weighted by Gasteiger charge is -2.17. The number of halogens is 3. The summed E-state index contributed by atoms with van der Waals surface area (Å²) in [6.07, 6.45) is -8.49. The lowest BCUT2D eigenvalue weighted by molar-refractivity contribution is -0.274. The number of amides is 1. The fourth-order valence-corrected chi connectivity index (χ4v) is 1.31. The van der Waals surface area contributed by atoms with E-state index in [1.807, 2.05) is 0 Å². The van der Waals surface area contributed by atoms with Crippen LogP contribution in [0.2, 0.25) is 0 Å². The van der Waals surface area contributed by atoms with Crippen LogP contribution in [0.1, 0.15) is 11.7 Å². The molecule has 1 amide bonds. The van der Waals surface area contributed by atoms with Crippen molar-refractivity contribution in [2.75, 3.05) is 5.73 Å². The third-order valence-corrected chi connectivity index (χ3v) is 2.19. The van der Waals surface area contributed by atoms with E-state index in [1.54, 1.807) is 0 Å². The summed E-state index contributed by atoms with van der Waals surface area (Å²) >= 11 is 0. The van der Waals surface area contributed by atoms with Gasteiger partial charge in [-0.1, -0.05) is 6.07 Å². The molecule has 0 spiro atoms. The first-order chi connectivity index (χ1) is 8.61. The minimum Gasteiger partial charge on any atom is -0.404 e. The summed E-state index contributed by atoms with van der Waals surface area (Å²) in [5.41, 5.74) is 9.60. The van der Waals surface area contributed by atoms with Crippen LogP contribution >= 0.6 is 0 Å². The fourth-order valence-electron chi connectivity index (χ4n) is 1.31. The van der Waals surface area contributed by atoms with Gasteiger partial charge >= 0.3 is 6.36 Å². The number of benzene rings is 1. The van der Waals surface area contributed by atoms with Crippen molar-refractivity contribution in [2.24, 2.45) is 5.73 Å². The molecule has 0 saturated carbocycles. The smallest absolute Gasteiger partial charge is 0.404 e. The van der Waals surface area contributed by atoms with Crippen molar-refractivity contribution < 1.29 is 32.9 Å². The summed E-state index contributed by atoms with van der Waals surface area (Å²) in [5.74, 6) is -1.83. The molecular formula is C10H11F3N2O4. The maximum absolute atomic E-state index is 12.0. The Bertz CT molecular complexity index is 478. The van der Waals surface area contributed by atoms with E-state index in [0.29, 0.717) is 0 Å². The van der Waals surface area contributed by atoms with Crippen molar-refractivity contribution in [3.63, 3.8) is 0 Å². The summed E-state index contributed by atoms with van der Waals surface area (Å²) < 4.78 is 39.6. The Morgan fingerprint density at radius 2 is 1.89 bits per heavy atom. The Morgan fingerprint density at radius 3 is 2.32 bits per heavy atom. The summed E-state index contributed by atoms with van der Waals surface area (Å²) in [4.78, 5) is 10.7. The SMILES string of the molecule is NC(=O)C(O)C(O)c1ccc(OC(F)(F)F)c(N)c1. The van der Waals surface area contributed by atoms with Crippen molar-refractivity contribution in [3.8, 4) is 5.75 Å². The van der Waals surface area contributed by atoms with E-state index in [9.17, 15) is 28.2 Å². The van der Waals surface area contributed by atoms with E-state index in [1.165, 1.54) is 0 Å². The zero-order valence-corrected chi connectivity index (χ0v) is 9.39. The Morgan fingerprint density at radius 1 is 1.32 bits per heavy atom. The highest BCUT2D eigenvalue weighted by molar-refractivity contribution is 5.79. The van der Waals surface area contributed by atoms with Crippen LogP contribution in [0.25, 0.3) is 0 Å². The molecule has 19 heavy (non-hydrogen) atoms. The fraction of sp³-hybridized carbons (Fsp3) is 0.300. The number of ether oxygens (including phenoxy) is 1. The number of aliphatic hydroxyl groups is 2. The van der Waals surface area contributed by atoms with Crippen molar-refractivity contribution in [2.45, 2.75) is 18.6 Å². The first-order valence-electron chi connectivity index (χ1n) is 4.92. The van der Waals surface area contributed by atoms with Gasteiger partial charge in [0.1, 0.15) is 6.10 Å². The monoisotopic (exact) mass is 280 g/mol. The average molecular weight is 280 g/mol. The molecule has 6 nitrogen and oxygen atoms in total. The molecule has 0 heterocycles. The van der Waals surface area contributed by atoms with Crippen LogP contribution in [0.4, 0.5) is 18.9 Å². The lowest BCUT2D eigenvalue weighted by atomic mass is 10.0. The second-order valence-electron chi connectivity index (χ2n) is 3.64. The third-order valence-electron chi connectivity index (χ3n) is 2.19. The topological polar surface area (TPSA) is 119 Å². The zero-order valence-electron chi connectivity index (χ0n) is 9.39. The highest BCUT2D eigenvalue weighted by Crippen LogP contribution is 2.31. The number of nitrogens with two attached hydrogens (primary N) is 2. The Labute approximate surface area is 105 Å². The van der Waals surface area contributed by atoms with Gasteiger partial charge in [-0.3, -0.25) is 4.79 Å². The molecule has 106 valence electrons. The Hall–Kier alpha value is -2.00. The lowest BCUT2D eigenvalue weighted by Crippen LogP contribution is -2.33. The van der Waals surface area contributed by atoms with Gasteiger partial charge in [0.25, 0.3) is 0 Å². The minimum atomic E-state index is -4.90. The number of hydrogen-bond acceptors (Lipinski definition) is 5. The van der Waals surface area contributed by atoms with Gasteiger partial charge in [0.2, 0.25) is 5.91 Å². The quantitative estimate of drug-likeness (QED) is 0.581. The molecule has 0 bridgehead atoms. The first kappa shape index (κ1) is 15.1. The van der Waals surface area contributed by atoms with Gasteiger partial charge in [-0.2, -0.15) is 0 Å². The first-order valence-corrected chi connectivity index (χ1v) is 4.92. The number of nitrogen functional groups attached to an aromatic ring is 1. The molecule has 2 atom stereocenters. The van der Waals surface area contributed by atoms with Crippen LogP contribution < -0.4 is 16.2 Å². The van der Waals surface area contributed by atoms with Crippen LogP contribution in [-0.2, 0) is 4.79 Å². The van der Waals surface area contributed by atoms with Crippen LogP contribution in [0.5, 0.6) is 5.75 Å². The molecule has 0 aliphatic heterocycles. The van der Waals surface area contributed by atoms with E-state index < -0.39 is 35.9 Å². The molecule has 1 rings (SSSR count). The zero-order chi connectivity index (χ0) is 14.8. The van der Waals surface area contributed by atoms with Gasteiger partial charge in [0.05, 0.1) is 5.69 Å². The number of primary amides is 1. The third kappa shape index (κ3) is 4.00. The normalized spacial score (nSPS) is 14.8. The molecule has 0 aliphatic carbocycles. The highest BCUT2D eigenvalue weighted by atomic mass is 19.4. The number of rotatable bonds is 4. The molecule has 0 radical (unpaired) electrons. The summed E-state index contributed by atoms with van der Waals surface area (Å²) in [5, 5.41) is 18.8. The second kappa shape index (κ2) is 5.33. The van der Waals surface area contributed by atoms with Crippen molar-refractivity contribution in [3.05, 3.63) is 23.8 Å². The predicted molar refractivity (Wildman–Crippen MR) is 57.7 cm³/mol. The summed E-state index contributed by atoms with van der Waals surface area (Å²) in [7, 11) is 0. The number of carbonyl (C=O) groups is 1. The molecule has 9 heteroatoms. The molecule has 6 N–H and O–H groups in total. The second-order valence-corrected chi connectivity index (χ2v) is 3.64. The number of aliphatic hydroxyl groups excluding tert-OH is 2. The molecule has 2 unspecified atom stereocenters. The maximum Gasteiger partial charge on any atom is 0.573 e. The molecule has 0 aliphatic rings. The summed E-state index contributed by atoms with van der Waals surface area (Å²) in [6, 6.07) is 2.82. The average Bonchev–Trinajstić information content (AvgIpc) is 2.28. The minimum absolute atomic E-state index is 0.0710. The van der Waals surface area contributed by atoms with Gasteiger partial charge in [0.15, 0.2) is 11.9 Å². The number of alkyl halides is 3.